The van der Waals surface area contributed by atoms with E-state index in [4.69, 9.17) is 0 Å². The molecule has 9 heteroatoms. The quantitative estimate of drug-likeness (QED) is 0.578. The van der Waals surface area contributed by atoms with Crippen molar-refractivity contribution in [3.63, 3.8) is 0 Å². The molecule has 4 heterocycles. The molecule has 9 nitrogen and oxygen atoms in total. The molecule has 30 heavy (non-hydrogen) atoms. The van der Waals surface area contributed by atoms with Crippen molar-refractivity contribution < 1.29 is 4.79 Å². The molecule has 2 N–H and O–H groups in total. The van der Waals surface area contributed by atoms with Gasteiger partial charge in [-0.25, -0.2) is 19.9 Å². The molecule has 4 rings (SSSR count). The van der Waals surface area contributed by atoms with Gasteiger partial charge in [0, 0.05) is 19.3 Å². The van der Waals surface area contributed by atoms with Crippen molar-refractivity contribution in [1.82, 2.24) is 29.7 Å². The number of aryl methyl sites for hydroxylation is 2. The second-order valence-corrected chi connectivity index (χ2v) is 7.84. The first kappa shape index (κ1) is 20.2. The van der Waals surface area contributed by atoms with Gasteiger partial charge < -0.3 is 19.9 Å². The Kier molecular flexibility index (Phi) is 5.89. The van der Waals surface area contributed by atoms with Crippen molar-refractivity contribution in [3.8, 4) is 0 Å². The van der Waals surface area contributed by atoms with E-state index in [2.05, 4.69) is 42.4 Å². The lowest BCUT2D eigenvalue weighted by atomic mass is 10.1. The van der Waals surface area contributed by atoms with E-state index < -0.39 is 0 Å². The topological polar surface area (TPSA) is 100 Å². The van der Waals surface area contributed by atoms with Crippen molar-refractivity contribution in [2.45, 2.75) is 33.6 Å². The Bertz CT molecular complexity index is 1030. The van der Waals surface area contributed by atoms with E-state index in [-0.39, 0.29) is 11.6 Å². The number of imidazole rings is 1. The summed E-state index contributed by atoms with van der Waals surface area (Å²) in [5.41, 5.74) is 2.69. The van der Waals surface area contributed by atoms with E-state index in [1.54, 1.807) is 12.4 Å². The number of aromatic nitrogens is 5. The van der Waals surface area contributed by atoms with Gasteiger partial charge in [0.05, 0.1) is 30.0 Å². The van der Waals surface area contributed by atoms with Crippen molar-refractivity contribution in [3.05, 3.63) is 41.9 Å². The largest absolute Gasteiger partial charge is 0.355 e. The Morgan fingerprint density at radius 1 is 1.20 bits per heavy atom. The normalized spacial score (nSPS) is 16.4. The zero-order valence-electron chi connectivity index (χ0n) is 17.7. The van der Waals surface area contributed by atoms with Gasteiger partial charge in [0.25, 0.3) is 5.91 Å². The average molecular weight is 409 g/mol. The van der Waals surface area contributed by atoms with Crippen LogP contribution in [0.1, 0.15) is 41.6 Å². The molecular formula is C21H28N8O. The number of nitrogens with one attached hydrogen (secondary N) is 2. The smallest absolute Gasteiger partial charge is 0.277 e. The van der Waals surface area contributed by atoms with E-state index in [9.17, 15) is 4.79 Å². The van der Waals surface area contributed by atoms with Gasteiger partial charge in [-0.2, -0.15) is 0 Å². The first-order valence-corrected chi connectivity index (χ1v) is 10.5. The maximum absolute atomic E-state index is 12.6. The molecule has 0 bridgehead atoms. The van der Waals surface area contributed by atoms with Crippen molar-refractivity contribution >= 4 is 23.2 Å². The average Bonchev–Trinajstić information content (AvgIpc) is 3.35. The lowest BCUT2D eigenvalue weighted by Gasteiger charge is -2.17. The van der Waals surface area contributed by atoms with Crippen LogP contribution in [0, 0.1) is 19.8 Å². The molecule has 1 fully saturated rings. The summed E-state index contributed by atoms with van der Waals surface area (Å²) in [6, 6.07) is 0. The highest BCUT2D eigenvalue weighted by atomic mass is 16.1. The van der Waals surface area contributed by atoms with E-state index in [0.717, 1.165) is 61.9 Å². The second kappa shape index (κ2) is 8.74. The van der Waals surface area contributed by atoms with Crippen LogP contribution in [0.25, 0.3) is 5.65 Å². The minimum absolute atomic E-state index is 0.264. The zero-order valence-corrected chi connectivity index (χ0v) is 17.7. The first-order valence-electron chi connectivity index (χ1n) is 10.5. The molecule has 3 aromatic heterocycles. The molecule has 1 atom stereocenters. The Balaban J connectivity index is 1.39. The SMILES string of the molecule is CCCNCC1CCN(c2cnc(C(=O)Nc3cn4cc(C)nc4c(C)n3)cn2)C1. The van der Waals surface area contributed by atoms with Gasteiger partial charge in [0.2, 0.25) is 0 Å². The fourth-order valence-corrected chi connectivity index (χ4v) is 3.81. The molecule has 1 unspecified atom stereocenters. The van der Waals surface area contributed by atoms with Gasteiger partial charge in [0.1, 0.15) is 17.3 Å². The third kappa shape index (κ3) is 4.40. The maximum Gasteiger partial charge on any atom is 0.277 e. The van der Waals surface area contributed by atoms with Crippen LogP contribution in [0.4, 0.5) is 11.6 Å². The number of rotatable bonds is 7. The molecule has 3 aromatic rings. The summed E-state index contributed by atoms with van der Waals surface area (Å²) in [4.78, 5) is 32.5. The maximum atomic E-state index is 12.6. The predicted molar refractivity (Wildman–Crippen MR) is 116 cm³/mol. The Hall–Kier alpha value is -3.07. The highest BCUT2D eigenvalue weighted by Crippen LogP contribution is 2.21. The number of fused-ring (bicyclic) bond motifs is 1. The lowest BCUT2D eigenvalue weighted by Crippen LogP contribution is -2.27. The summed E-state index contributed by atoms with van der Waals surface area (Å²) in [5, 5.41) is 6.29. The number of nitrogens with zero attached hydrogens (tertiary/aromatic N) is 6. The minimum atomic E-state index is -0.333. The van der Waals surface area contributed by atoms with Crippen LogP contribution in [-0.2, 0) is 0 Å². The van der Waals surface area contributed by atoms with Crippen molar-refractivity contribution in [2.75, 3.05) is 36.4 Å². The van der Waals surface area contributed by atoms with Gasteiger partial charge >= 0.3 is 0 Å². The highest BCUT2D eigenvalue weighted by Gasteiger charge is 2.23. The fraction of sp³-hybridized carbons (Fsp3) is 0.476. The molecule has 1 aliphatic heterocycles. The molecule has 1 aliphatic rings. The second-order valence-electron chi connectivity index (χ2n) is 7.84. The van der Waals surface area contributed by atoms with Crippen molar-refractivity contribution in [1.29, 1.82) is 0 Å². The van der Waals surface area contributed by atoms with Crippen LogP contribution in [0.3, 0.4) is 0 Å². The lowest BCUT2D eigenvalue weighted by molar-refractivity contribution is 0.102. The number of carbonyl (C=O) groups is 1. The molecule has 0 radical (unpaired) electrons. The van der Waals surface area contributed by atoms with Gasteiger partial charge in [-0.3, -0.25) is 4.79 Å². The van der Waals surface area contributed by atoms with Crippen LogP contribution in [0.2, 0.25) is 0 Å². The minimum Gasteiger partial charge on any atom is -0.355 e. The number of hydrogen-bond acceptors (Lipinski definition) is 7. The Morgan fingerprint density at radius 3 is 2.83 bits per heavy atom. The number of anilines is 2. The fourth-order valence-electron chi connectivity index (χ4n) is 3.81. The van der Waals surface area contributed by atoms with Gasteiger partial charge in [-0.15, -0.1) is 0 Å². The molecule has 1 saturated heterocycles. The van der Waals surface area contributed by atoms with Crippen molar-refractivity contribution in [2.24, 2.45) is 5.92 Å². The molecule has 0 aromatic carbocycles. The number of hydrogen-bond donors (Lipinski definition) is 2. The van der Waals surface area contributed by atoms with E-state index >= 15 is 0 Å². The van der Waals surface area contributed by atoms with E-state index in [0.29, 0.717) is 11.7 Å². The predicted octanol–water partition coefficient (Wildman–Crippen LogP) is 2.21. The summed E-state index contributed by atoms with van der Waals surface area (Å²) in [6.07, 6.45) is 9.14. The van der Waals surface area contributed by atoms with Gasteiger partial charge in [0.15, 0.2) is 5.65 Å². The first-order chi connectivity index (χ1) is 14.5. The molecule has 1 amide bonds. The molecule has 158 valence electrons. The van der Waals surface area contributed by atoms with Gasteiger partial charge in [-0.1, -0.05) is 6.92 Å². The third-order valence-corrected chi connectivity index (χ3v) is 5.31. The van der Waals surface area contributed by atoms with Crippen LogP contribution in [-0.4, -0.2) is 56.4 Å². The zero-order chi connectivity index (χ0) is 21.1. The monoisotopic (exact) mass is 408 g/mol. The third-order valence-electron chi connectivity index (χ3n) is 5.31. The highest BCUT2D eigenvalue weighted by molar-refractivity contribution is 6.02. The Morgan fingerprint density at radius 2 is 2.07 bits per heavy atom. The molecule has 0 saturated carbocycles. The summed E-state index contributed by atoms with van der Waals surface area (Å²) in [5.74, 6) is 1.56. The van der Waals surface area contributed by atoms with Gasteiger partial charge in [-0.05, 0) is 45.7 Å². The number of carbonyl (C=O) groups excluding carboxylic acids is 1. The summed E-state index contributed by atoms with van der Waals surface area (Å²) >= 11 is 0. The summed E-state index contributed by atoms with van der Waals surface area (Å²) in [6.45, 7) is 9.98. The van der Waals surface area contributed by atoms with E-state index in [1.165, 1.54) is 6.20 Å². The number of amides is 1. The Labute approximate surface area is 176 Å². The van der Waals surface area contributed by atoms with Crippen LogP contribution >= 0.6 is 0 Å². The van der Waals surface area contributed by atoms with E-state index in [1.807, 2.05) is 24.4 Å². The summed E-state index contributed by atoms with van der Waals surface area (Å²) in [7, 11) is 0. The van der Waals surface area contributed by atoms with Crippen LogP contribution in [0.5, 0.6) is 0 Å². The molecule has 0 spiro atoms. The summed E-state index contributed by atoms with van der Waals surface area (Å²) < 4.78 is 1.86. The molecule has 0 aliphatic carbocycles. The molecular weight excluding hydrogens is 380 g/mol. The van der Waals surface area contributed by atoms with Crippen LogP contribution < -0.4 is 15.5 Å². The van der Waals surface area contributed by atoms with Crippen LogP contribution in [0.15, 0.2) is 24.8 Å². The standard InChI is InChI=1S/C21H28N8O/c1-4-6-22-8-16-5-7-28(12-16)19-10-23-17(9-24-19)21(30)27-18-13-29-11-14(2)25-20(29)15(3)26-18/h9-11,13,16,22H,4-8,12H2,1-3H3,(H,27,30).